The molecule has 3 rings (SSSR count). The van der Waals surface area contributed by atoms with Gasteiger partial charge >= 0.3 is 149 Å². The minimum absolute atomic E-state index is 0.876. The van der Waals surface area contributed by atoms with Crippen molar-refractivity contribution in [3.63, 3.8) is 0 Å². The number of hydrogen-bond acceptors (Lipinski definition) is 2. The third kappa shape index (κ3) is 5.60. The van der Waals surface area contributed by atoms with Crippen LogP contribution in [0.4, 0.5) is 0 Å². The van der Waals surface area contributed by atoms with Gasteiger partial charge in [-0.3, -0.25) is 0 Å². The standard InChI is InChI=1S/C14H20S2Se3/c17-12(3-10-6-15-10)5-13-2-1-9(8-19-13)14(18)4-11-7-16-11/h9-11,13H,1-8H2. The summed E-state index contributed by atoms with van der Waals surface area (Å²) in [6.07, 6.45) is 7.06. The fourth-order valence-electron chi connectivity index (χ4n) is 2.57. The van der Waals surface area contributed by atoms with Crippen LogP contribution in [0, 0.1) is 5.92 Å². The molecule has 0 bridgehead atoms. The van der Waals surface area contributed by atoms with Crippen LogP contribution in [0.1, 0.15) is 32.1 Å². The van der Waals surface area contributed by atoms with Gasteiger partial charge in [0.15, 0.2) is 0 Å². The van der Waals surface area contributed by atoms with Crippen LogP contribution in [0.3, 0.4) is 0 Å². The van der Waals surface area contributed by atoms with E-state index in [4.69, 9.17) is 0 Å². The molecule has 3 saturated heterocycles. The second kappa shape index (κ2) is 7.51. The first-order valence-electron chi connectivity index (χ1n) is 7.10. The Kier molecular flexibility index (Phi) is 6.28. The first-order valence-corrected chi connectivity index (χ1v) is 13.1. The molecule has 0 saturated carbocycles. The molecular weight excluding hydrogens is 469 g/mol. The minimum atomic E-state index is 0.876. The first kappa shape index (κ1) is 15.9. The van der Waals surface area contributed by atoms with Crippen molar-refractivity contribution >= 4 is 78.5 Å². The zero-order valence-corrected chi connectivity index (χ0v) is 17.8. The summed E-state index contributed by atoms with van der Waals surface area (Å²) in [5.74, 6) is 3.75. The van der Waals surface area contributed by atoms with Gasteiger partial charge in [0.05, 0.1) is 0 Å². The van der Waals surface area contributed by atoms with E-state index in [0.29, 0.717) is 0 Å². The van der Waals surface area contributed by atoms with Gasteiger partial charge in [-0.25, -0.2) is 0 Å². The van der Waals surface area contributed by atoms with Gasteiger partial charge in [0, 0.05) is 0 Å². The average molecular weight is 489 g/mol. The molecule has 0 aromatic heterocycles. The summed E-state index contributed by atoms with van der Waals surface area (Å²) in [7, 11) is 0. The second-order valence-corrected chi connectivity index (χ2v) is 13.5. The van der Waals surface area contributed by atoms with Crippen molar-refractivity contribution in [3.05, 3.63) is 0 Å². The van der Waals surface area contributed by atoms with Crippen LogP contribution in [0.15, 0.2) is 0 Å². The fourth-order valence-corrected chi connectivity index (χ4v) is 10.1. The van der Waals surface area contributed by atoms with Crippen LogP contribution in [0.5, 0.6) is 0 Å². The Morgan fingerprint density at radius 1 is 1.00 bits per heavy atom. The summed E-state index contributed by atoms with van der Waals surface area (Å²) in [5, 5.41) is 3.45. The monoisotopic (exact) mass is 492 g/mol. The molecule has 5 heteroatoms. The molecule has 3 aliphatic heterocycles. The van der Waals surface area contributed by atoms with E-state index in [0.717, 1.165) is 36.2 Å². The van der Waals surface area contributed by atoms with Gasteiger partial charge in [-0.05, 0) is 0 Å². The first-order chi connectivity index (χ1) is 9.20. The molecule has 3 aliphatic rings. The average Bonchev–Trinajstić information content (AvgIpc) is 3.26. The van der Waals surface area contributed by atoms with E-state index in [1.807, 2.05) is 0 Å². The van der Waals surface area contributed by atoms with Gasteiger partial charge < -0.3 is 0 Å². The van der Waals surface area contributed by atoms with Crippen LogP contribution < -0.4 is 0 Å². The van der Waals surface area contributed by atoms with E-state index in [1.165, 1.54) is 48.9 Å². The molecule has 3 fully saturated rings. The Morgan fingerprint density at radius 2 is 1.68 bits per heavy atom. The molecular formula is C14H20S2Se3. The predicted molar refractivity (Wildman–Crippen MR) is 94.9 cm³/mol. The number of thioether (sulfide) groups is 2. The Balaban J connectivity index is 1.35. The maximum atomic E-state index is 3.41. The zero-order chi connectivity index (χ0) is 13.2. The van der Waals surface area contributed by atoms with Gasteiger partial charge in [-0.15, -0.1) is 0 Å². The van der Waals surface area contributed by atoms with E-state index in [-0.39, 0.29) is 0 Å². The zero-order valence-electron chi connectivity index (χ0n) is 11.0. The molecule has 4 unspecified atom stereocenters. The molecule has 0 N–H and O–H groups in total. The topological polar surface area (TPSA) is 0 Å². The third-order valence-corrected chi connectivity index (χ3v) is 10.7. The van der Waals surface area contributed by atoms with E-state index < -0.39 is 0 Å². The van der Waals surface area contributed by atoms with Crippen LogP contribution in [0.2, 0.25) is 10.1 Å². The molecule has 0 amide bonds. The Morgan fingerprint density at radius 3 is 2.26 bits per heavy atom. The van der Waals surface area contributed by atoms with E-state index in [1.54, 1.807) is 8.83 Å². The molecule has 0 aromatic rings. The Bertz CT molecular complexity index is 356. The van der Waals surface area contributed by atoms with Gasteiger partial charge in [0.25, 0.3) is 0 Å². The Labute approximate surface area is 147 Å². The van der Waals surface area contributed by atoms with E-state index in [9.17, 15) is 0 Å². The normalized spacial score (nSPS) is 36.8. The summed E-state index contributed by atoms with van der Waals surface area (Å²) < 4.78 is 3.37. The molecule has 0 radical (unpaired) electrons. The van der Waals surface area contributed by atoms with Gasteiger partial charge in [-0.1, -0.05) is 0 Å². The van der Waals surface area contributed by atoms with Gasteiger partial charge in [0.1, 0.15) is 0 Å². The fraction of sp³-hybridized carbons (Fsp3) is 0.857. The summed E-state index contributed by atoms with van der Waals surface area (Å²) in [6, 6.07) is 0. The van der Waals surface area contributed by atoms with E-state index >= 15 is 0 Å². The second-order valence-electron chi connectivity index (χ2n) is 5.76. The Hall–Kier alpha value is 2.00. The van der Waals surface area contributed by atoms with Crippen LogP contribution >= 0.6 is 23.5 Å². The molecule has 19 heavy (non-hydrogen) atoms. The molecule has 0 aliphatic carbocycles. The van der Waals surface area contributed by atoms with Crippen molar-refractivity contribution in [2.24, 2.45) is 5.92 Å². The van der Waals surface area contributed by atoms with E-state index in [2.05, 4.69) is 54.7 Å². The third-order valence-electron chi connectivity index (χ3n) is 3.97. The van der Waals surface area contributed by atoms with Crippen LogP contribution in [-0.2, 0) is 0 Å². The quantitative estimate of drug-likeness (QED) is 0.398. The summed E-state index contributed by atoms with van der Waals surface area (Å²) in [5.41, 5.74) is 0. The maximum absolute atomic E-state index is 3.41. The number of rotatable bonds is 7. The molecule has 0 aromatic carbocycles. The molecule has 0 spiro atoms. The molecule has 0 nitrogen and oxygen atoms in total. The summed E-state index contributed by atoms with van der Waals surface area (Å²) >= 11 is 11.9. The molecule has 106 valence electrons. The molecule has 3 heterocycles. The van der Waals surface area contributed by atoms with Crippen LogP contribution in [0.25, 0.3) is 0 Å². The predicted octanol–water partition coefficient (Wildman–Crippen LogP) is 2.39. The van der Waals surface area contributed by atoms with Crippen molar-refractivity contribution < 1.29 is 0 Å². The number of hydrogen-bond donors (Lipinski definition) is 0. The van der Waals surface area contributed by atoms with Crippen molar-refractivity contribution in [1.29, 1.82) is 0 Å². The van der Waals surface area contributed by atoms with Crippen molar-refractivity contribution in [2.75, 3.05) is 11.5 Å². The van der Waals surface area contributed by atoms with Crippen LogP contribution in [-0.4, -0.2) is 76.9 Å². The summed E-state index contributed by atoms with van der Waals surface area (Å²) in [6.45, 7) is 0. The van der Waals surface area contributed by atoms with Crippen molar-refractivity contribution in [2.45, 2.75) is 52.7 Å². The van der Waals surface area contributed by atoms with Crippen molar-refractivity contribution in [1.82, 2.24) is 0 Å². The summed E-state index contributed by atoms with van der Waals surface area (Å²) in [4.78, 5) is 1.03. The van der Waals surface area contributed by atoms with Crippen molar-refractivity contribution in [3.8, 4) is 0 Å². The SMILES string of the molecule is [Se]=C(CC1CS1)CC1CCC(C(=[Se])CC2CS2)C[Se]1. The van der Waals surface area contributed by atoms with Gasteiger partial charge in [0.2, 0.25) is 0 Å². The molecule has 4 atom stereocenters. The van der Waals surface area contributed by atoms with Gasteiger partial charge in [-0.2, -0.15) is 0 Å².